The largest absolute Gasteiger partial charge is 0.480 e. The second-order valence-corrected chi connectivity index (χ2v) is 5.29. The van der Waals surface area contributed by atoms with E-state index in [4.69, 9.17) is 15.6 Å². The maximum absolute atomic E-state index is 10.8. The number of ether oxygens (including phenoxy) is 1. The van der Waals surface area contributed by atoms with E-state index in [1.54, 1.807) is 0 Å². The molecule has 0 amide bonds. The van der Waals surface area contributed by atoms with Crippen molar-refractivity contribution in [1.29, 1.82) is 0 Å². The minimum Gasteiger partial charge on any atom is -0.480 e. The summed E-state index contributed by atoms with van der Waals surface area (Å²) in [5.74, 6) is -0.955. The number of aromatic nitrogens is 1. The van der Waals surface area contributed by atoms with Gasteiger partial charge in [0.15, 0.2) is 0 Å². The molecule has 2 atom stereocenters. The van der Waals surface area contributed by atoms with Gasteiger partial charge in [-0.05, 0) is 44.7 Å². The van der Waals surface area contributed by atoms with E-state index < -0.39 is 12.0 Å². The number of carboxylic acid groups (broad SMARTS) is 1. The first kappa shape index (κ1) is 14.1. The monoisotopic (exact) mass is 266 g/mol. The second kappa shape index (κ2) is 5.75. The van der Waals surface area contributed by atoms with Gasteiger partial charge >= 0.3 is 5.97 Å². The third kappa shape index (κ3) is 3.16. The topological polar surface area (TPSA) is 77.5 Å². The Bertz CT molecular complexity index is 462. The number of rotatable bonds is 5. The molecule has 2 rings (SSSR count). The van der Waals surface area contributed by atoms with Gasteiger partial charge < -0.3 is 20.1 Å². The van der Waals surface area contributed by atoms with Gasteiger partial charge in [-0.2, -0.15) is 0 Å². The maximum Gasteiger partial charge on any atom is 0.320 e. The van der Waals surface area contributed by atoms with Gasteiger partial charge in [-0.1, -0.05) is 0 Å². The molecule has 3 N–H and O–H groups in total. The van der Waals surface area contributed by atoms with Gasteiger partial charge in [-0.25, -0.2) is 0 Å². The predicted octanol–water partition coefficient (Wildman–Crippen LogP) is 1.24. The highest BCUT2D eigenvalue weighted by molar-refractivity contribution is 5.73. The lowest BCUT2D eigenvalue weighted by molar-refractivity contribution is -0.138. The van der Waals surface area contributed by atoms with E-state index >= 15 is 0 Å². The summed E-state index contributed by atoms with van der Waals surface area (Å²) in [5.41, 5.74) is 8.87. The first-order valence-electron chi connectivity index (χ1n) is 6.74. The minimum absolute atomic E-state index is 0.283. The lowest BCUT2D eigenvalue weighted by Crippen LogP contribution is -2.32. The standard InChI is InChI=1S/C14H22N2O3/c1-9-6-11(7-13(15)14(17)18)10(2)16(9)8-12-4-3-5-19-12/h6,12-13H,3-5,7-8,15H2,1-2H3,(H,17,18). The molecule has 19 heavy (non-hydrogen) atoms. The molecule has 0 saturated carbocycles. The molecule has 0 radical (unpaired) electrons. The van der Waals surface area contributed by atoms with Gasteiger partial charge in [0.2, 0.25) is 0 Å². The summed E-state index contributed by atoms with van der Waals surface area (Å²) < 4.78 is 7.86. The average molecular weight is 266 g/mol. The van der Waals surface area contributed by atoms with Crippen LogP contribution in [0.1, 0.15) is 29.8 Å². The van der Waals surface area contributed by atoms with Crippen LogP contribution in [0.2, 0.25) is 0 Å². The number of nitrogens with zero attached hydrogens (tertiary/aromatic N) is 1. The average Bonchev–Trinajstić information content (AvgIpc) is 2.94. The van der Waals surface area contributed by atoms with Gasteiger partial charge in [0.25, 0.3) is 0 Å². The Kier molecular flexibility index (Phi) is 4.27. The number of carboxylic acids is 1. The van der Waals surface area contributed by atoms with E-state index in [0.29, 0.717) is 6.42 Å². The third-order valence-electron chi connectivity index (χ3n) is 3.85. The lowest BCUT2D eigenvalue weighted by atomic mass is 10.1. The normalized spacial score (nSPS) is 20.7. The molecule has 0 spiro atoms. The Morgan fingerprint density at radius 2 is 2.37 bits per heavy atom. The summed E-state index contributed by atoms with van der Waals surface area (Å²) in [5, 5.41) is 8.89. The van der Waals surface area contributed by atoms with E-state index in [9.17, 15) is 4.79 Å². The zero-order valence-electron chi connectivity index (χ0n) is 11.6. The SMILES string of the molecule is Cc1cc(CC(N)C(=O)O)c(C)n1CC1CCCO1. The van der Waals surface area contributed by atoms with Crippen LogP contribution in [0.5, 0.6) is 0 Å². The Balaban J connectivity index is 2.12. The fourth-order valence-electron chi connectivity index (χ4n) is 2.68. The van der Waals surface area contributed by atoms with Crippen LogP contribution in [0.4, 0.5) is 0 Å². The highest BCUT2D eigenvalue weighted by Gasteiger charge is 2.20. The van der Waals surface area contributed by atoms with Crippen molar-refractivity contribution in [3.05, 3.63) is 23.0 Å². The fraction of sp³-hybridized carbons (Fsp3) is 0.643. The molecule has 1 saturated heterocycles. The second-order valence-electron chi connectivity index (χ2n) is 5.29. The summed E-state index contributed by atoms with van der Waals surface area (Å²) in [6.07, 6.45) is 2.88. The van der Waals surface area contributed by atoms with Crippen LogP contribution in [0.3, 0.4) is 0 Å². The molecule has 5 nitrogen and oxygen atoms in total. The van der Waals surface area contributed by atoms with Crippen molar-refractivity contribution in [1.82, 2.24) is 4.57 Å². The molecule has 0 aliphatic carbocycles. The Morgan fingerprint density at radius 3 is 2.95 bits per heavy atom. The van der Waals surface area contributed by atoms with Gasteiger partial charge in [-0.3, -0.25) is 4.79 Å². The minimum atomic E-state index is -0.955. The molecule has 2 heterocycles. The van der Waals surface area contributed by atoms with E-state index in [1.807, 2.05) is 19.9 Å². The molecule has 106 valence electrons. The summed E-state index contributed by atoms with van der Waals surface area (Å²) >= 11 is 0. The third-order valence-corrected chi connectivity index (χ3v) is 3.85. The first-order valence-corrected chi connectivity index (χ1v) is 6.74. The van der Waals surface area contributed by atoms with E-state index in [-0.39, 0.29) is 6.10 Å². The molecule has 1 aromatic rings. The van der Waals surface area contributed by atoms with Crippen LogP contribution in [0, 0.1) is 13.8 Å². The predicted molar refractivity (Wildman–Crippen MR) is 72.2 cm³/mol. The first-order chi connectivity index (χ1) is 8.99. The number of hydrogen-bond donors (Lipinski definition) is 2. The highest BCUT2D eigenvalue weighted by Crippen LogP contribution is 2.21. The van der Waals surface area contributed by atoms with Crippen LogP contribution in [-0.4, -0.2) is 34.4 Å². The molecule has 1 aliphatic rings. The zero-order chi connectivity index (χ0) is 14.0. The Labute approximate surface area is 113 Å². The van der Waals surface area contributed by atoms with E-state index in [0.717, 1.165) is 42.9 Å². The molecular formula is C14H22N2O3. The molecule has 1 fully saturated rings. The van der Waals surface area contributed by atoms with Crippen molar-refractivity contribution in [2.45, 2.75) is 51.8 Å². The van der Waals surface area contributed by atoms with Gasteiger partial charge in [0.1, 0.15) is 6.04 Å². The number of aliphatic carboxylic acids is 1. The fourth-order valence-corrected chi connectivity index (χ4v) is 2.68. The number of nitrogens with two attached hydrogens (primary N) is 1. The summed E-state index contributed by atoms with van der Waals surface area (Å²) in [6, 6.07) is 1.20. The Hall–Kier alpha value is -1.33. The quantitative estimate of drug-likeness (QED) is 0.840. The van der Waals surface area contributed by atoms with Crippen molar-refractivity contribution < 1.29 is 14.6 Å². The van der Waals surface area contributed by atoms with Crippen LogP contribution < -0.4 is 5.73 Å². The summed E-state index contributed by atoms with van der Waals surface area (Å²) in [6.45, 7) is 5.75. The Morgan fingerprint density at radius 1 is 1.63 bits per heavy atom. The lowest BCUT2D eigenvalue weighted by Gasteiger charge is -2.15. The summed E-state index contributed by atoms with van der Waals surface area (Å²) in [4.78, 5) is 10.8. The molecule has 5 heteroatoms. The number of carbonyl (C=O) groups is 1. The smallest absolute Gasteiger partial charge is 0.320 e. The zero-order valence-corrected chi connectivity index (χ0v) is 11.6. The van der Waals surface area contributed by atoms with E-state index in [2.05, 4.69) is 4.57 Å². The molecule has 2 unspecified atom stereocenters. The molecule has 0 bridgehead atoms. The van der Waals surface area contributed by atoms with Crippen LogP contribution in [0.15, 0.2) is 6.07 Å². The van der Waals surface area contributed by atoms with Crippen molar-refractivity contribution in [3.63, 3.8) is 0 Å². The highest BCUT2D eigenvalue weighted by atomic mass is 16.5. The number of hydrogen-bond acceptors (Lipinski definition) is 3. The van der Waals surface area contributed by atoms with Crippen LogP contribution in [0.25, 0.3) is 0 Å². The van der Waals surface area contributed by atoms with Crippen LogP contribution in [-0.2, 0) is 22.5 Å². The van der Waals surface area contributed by atoms with Crippen molar-refractivity contribution in [3.8, 4) is 0 Å². The van der Waals surface area contributed by atoms with Gasteiger partial charge in [-0.15, -0.1) is 0 Å². The maximum atomic E-state index is 10.8. The number of aryl methyl sites for hydroxylation is 1. The van der Waals surface area contributed by atoms with Crippen LogP contribution >= 0.6 is 0 Å². The van der Waals surface area contributed by atoms with Gasteiger partial charge in [0, 0.05) is 24.5 Å². The van der Waals surface area contributed by atoms with Crippen molar-refractivity contribution in [2.75, 3.05) is 6.61 Å². The molecule has 0 aromatic carbocycles. The van der Waals surface area contributed by atoms with Gasteiger partial charge in [0.05, 0.1) is 6.10 Å². The summed E-state index contributed by atoms with van der Waals surface area (Å²) in [7, 11) is 0. The van der Waals surface area contributed by atoms with Crippen molar-refractivity contribution in [2.24, 2.45) is 5.73 Å². The van der Waals surface area contributed by atoms with Crippen molar-refractivity contribution >= 4 is 5.97 Å². The molecule has 1 aromatic heterocycles. The van der Waals surface area contributed by atoms with E-state index in [1.165, 1.54) is 0 Å². The molecular weight excluding hydrogens is 244 g/mol. The molecule has 1 aliphatic heterocycles.